The number of nitrogens with zero attached hydrogens (tertiary/aromatic N) is 2. The van der Waals surface area contributed by atoms with Crippen LogP contribution in [0.5, 0.6) is 0 Å². The third kappa shape index (κ3) is 2.46. The number of para-hydroxylation sites is 1. The number of carbonyl (C=O) groups is 3. The van der Waals surface area contributed by atoms with Crippen LogP contribution in [0, 0.1) is 5.92 Å². The minimum absolute atomic E-state index is 0.172. The minimum atomic E-state index is -1.11. The highest BCUT2D eigenvalue weighted by atomic mass is 16.2. The predicted octanol–water partition coefficient (Wildman–Crippen LogP) is 2.51. The minimum Gasteiger partial charge on any atom is -0.356 e. The Balaban J connectivity index is 1.59. The molecule has 3 heterocycles. The third-order valence-electron chi connectivity index (χ3n) is 6.60. The van der Waals surface area contributed by atoms with Gasteiger partial charge in [0.05, 0.1) is 5.69 Å². The second-order valence-corrected chi connectivity index (χ2v) is 8.93. The lowest BCUT2D eigenvalue weighted by molar-refractivity contribution is -0.140. The van der Waals surface area contributed by atoms with Crippen LogP contribution in [0.3, 0.4) is 0 Å². The van der Waals surface area contributed by atoms with Gasteiger partial charge in [-0.15, -0.1) is 0 Å². The molecule has 0 spiro atoms. The van der Waals surface area contributed by atoms with Crippen LogP contribution in [0.4, 0.5) is 4.79 Å². The van der Waals surface area contributed by atoms with E-state index in [1.165, 1.54) is 4.90 Å². The number of nitrogens with one attached hydrogen (secondary N) is 2. The van der Waals surface area contributed by atoms with Crippen LogP contribution >= 0.6 is 0 Å². The van der Waals surface area contributed by atoms with Crippen LogP contribution in [0.2, 0.25) is 0 Å². The van der Waals surface area contributed by atoms with Crippen LogP contribution in [-0.2, 0) is 21.5 Å². The quantitative estimate of drug-likeness (QED) is 0.782. The highest BCUT2D eigenvalue weighted by Crippen LogP contribution is 2.45. The van der Waals surface area contributed by atoms with Gasteiger partial charge >= 0.3 is 6.03 Å². The molecule has 5 rings (SSSR count). The smallest absolute Gasteiger partial charge is 0.328 e. The first-order chi connectivity index (χ1) is 13.8. The Bertz CT molecular complexity index is 1040. The summed E-state index contributed by atoms with van der Waals surface area (Å²) < 4.78 is 0. The van der Waals surface area contributed by atoms with Gasteiger partial charge in [-0.2, -0.15) is 0 Å². The Hall–Kier alpha value is -2.83. The van der Waals surface area contributed by atoms with Gasteiger partial charge in [-0.25, -0.2) is 9.69 Å². The third-order valence-corrected chi connectivity index (χ3v) is 6.60. The summed E-state index contributed by atoms with van der Waals surface area (Å²) in [5, 5.41) is 4.07. The molecule has 3 aliphatic rings. The van der Waals surface area contributed by atoms with E-state index in [0.29, 0.717) is 13.0 Å². The second kappa shape index (κ2) is 6.08. The lowest BCUT2D eigenvalue weighted by Gasteiger charge is -2.36. The molecule has 0 bridgehead atoms. The molecule has 1 saturated heterocycles. The van der Waals surface area contributed by atoms with Crippen molar-refractivity contribution >= 4 is 28.7 Å². The average Bonchev–Trinajstić information content (AvgIpc) is 3.37. The molecule has 2 fully saturated rings. The van der Waals surface area contributed by atoms with E-state index in [1.807, 2.05) is 38.1 Å². The number of imide groups is 1. The van der Waals surface area contributed by atoms with Gasteiger partial charge in [-0.3, -0.25) is 9.59 Å². The van der Waals surface area contributed by atoms with Crippen molar-refractivity contribution in [1.29, 1.82) is 0 Å². The Morgan fingerprint density at radius 1 is 1.24 bits per heavy atom. The molecule has 7 nitrogen and oxygen atoms in total. The van der Waals surface area contributed by atoms with Gasteiger partial charge in [0.25, 0.3) is 5.91 Å². The van der Waals surface area contributed by atoms with Crippen LogP contribution < -0.4 is 5.32 Å². The summed E-state index contributed by atoms with van der Waals surface area (Å²) in [5.41, 5.74) is 1.71. The number of rotatable bonds is 4. The van der Waals surface area contributed by atoms with Gasteiger partial charge in [0.2, 0.25) is 5.91 Å². The van der Waals surface area contributed by atoms with E-state index in [1.54, 1.807) is 11.8 Å². The number of carbonyl (C=O) groups excluding carboxylic acids is 3. The lowest BCUT2D eigenvalue weighted by Crippen LogP contribution is -2.53. The molecule has 1 saturated carbocycles. The number of hydrogen-bond donors (Lipinski definition) is 2. The number of benzene rings is 1. The Kier molecular flexibility index (Phi) is 3.82. The molecular formula is C22H26N4O3. The van der Waals surface area contributed by atoms with Gasteiger partial charge in [-0.05, 0) is 43.7 Å². The van der Waals surface area contributed by atoms with E-state index in [4.69, 9.17) is 0 Å². The van der Waals surface area contributed by atoms with Crippen LogP contribution in [-0.4, -0.2) is 51.3 Å². The number of aromatic nitrogens is 1. The van der Waals surface area contributed by atoms with E-state index in [9.17, 15) is 14.4 Å². The first-order valence-corrected chi connectivity index (χ1v) is 10.4. The van der Waals surface area contributed by atoms with Gasteiger partial charge in [-0.1, -0.05) is 32.0 Å². The predicted molar refractivity (Wildman–Crippen MR) is 108 cm³/mol. The SMILES string of the molecule is CC(C)[C@@H](C(=O)NC1CC1)N1C(=O)N2CCc3c([nH]c4ccccc34)[C@@]2(C)C1=O. The summed E-state index contributed by atoms with van der Waals surface area (Å²) in [4.78, 5) is 46.3. The summed E-state index contributed by atoms with van der Waals surface area (Å²) in [6, 6.07) is 6.97. The van der Waals surface area contributed by atoms with Crippen molar-refractivity contribution in [3.05, 3.63) is 35.5 Å². The highest BCUT2D eigenvalue weighted by molar-refractivity contribution is 6.11. The molecule has 7 heteroatoms. The van der Waals surface area contributed by atoms with E-state index < -0.39 is 11.6 Å². The lowest BCUT2D eigenvalue weighted by atomic mass is 9.86. The van der Waals surface area contributed by atoms with Gasteiger partial charge in [0.15, 0.2) is 5.54 Å². The summed E-state index contributed by atoms with van der Waals surface area (Å²) in [7, 11) is 0. The molecule has 1 aliphatic carbocycles. The molecule has 2 aliphatic heterocycles. The van der Waals surface area contributed by atoms with Crippen LogP contribution in [0.25, 0.3) is 10.9 Å². The first kappa shape index (κ1) is 18.2. The van der Waals surface area contributed by atoms with E-state index in [-0.39, 0.29) is 29.8 Å². The molecule has 2 N–H and O–H groups in total. The molecule has 152 valence electrons. The fourth-order valence-electron chi connectivity index (χ4n) is 4.90. The zero-order valence-corrected chi connectivity index (χ0v) is 17.0. The normalized spacial score (nSPS) is 24.8. The molecule has 1 aromatic carbocycles. The monoisotopic (exact) mass is 394 g/mol. The molecule has 0 radical (unpaired) electrons. The molecule has 2 aromatic rings. The Morgan fingerprint density at radius 2 is 1.97 bits per heavy atom. The largest absolute Gasteiger partial charge is 0.356 e. The van der Waals surface area contributed by atoms with Crippen molar-refractivity contribution in [2.45, 2.75) is 57.7 Å². The van der Waals surface area contributed by atoms with E-state index in [0.717, 1.165) is 35.0 Å². The van der Waals surface area contributed by atoms with Crippen molar-refractivity contribution in [1.82, 2.24) is 20.1 Å². The summed E-state index contributed by atoms with van der Waals surface area (Å²) in [6.07, 6.45) is 2.60. The van der Waals surface area contributed by atoms with Crippen LogP contribution in [0.15, 0.2) is 24.3 Å². The summed E-state index contributed by atoms with van der Waals surface area (Å²) in [5.74, 6) is -0.724. The summed E-state index contributed by atoms with van der Waals surface area (Å²) >= 11 is 0. The van der Waals surface area contributed by atoms with Crippen molar-refractivity contribution < 1.29 is 14.4 Å². The second-order valence-electron chi connectivity index (χ2n) is 8.93. The number of aromatic amines is 1. The Morgan fingerprint density at radius 3 is 2.66 bits per heavy atom. The van der Waals surface area contributed by atoms with Gasteiger partial charge in [0.1, 0.15) is 6.04 Å². The maximum atomic E-state index is 13.7. The van der Waals surface area contributed by atoms with Crippen molar-refractivity contribution in [3.8, 4) is 0 Å². The average molecular weight is 394 g/mol. The number of fused-ring (bicyclic) bond motifs is 5. The van der Waals surface area contributed by atoms with Crippen molar-refractivity contribution in [2.24, 2.45) is 5.92 Å². The summed E-state index contributed by atoms with van der Waals surface area (Å²) in [6.45, 7) is 6.02. The van der Waals surface area contributed by atoms with E-state index in [2.05, 4.69) is 10.3 Å². The van der Waals surface area contributed by atoms with Crippen molar-refractivity contribution in [3.63, 3.8) is 0 Å². The maximum absolute atomic E-state index is 13.7. The molecule has 1 aromatic heterocycles. The van der Waals surface area contributed by atoms with Crippen molar-refractivity contribution in [2.75, 3.05) is 6.54 Å². The molecule has 4 amide bonds. The maximum Gasteiger partial charge on any atom is 0.328 e. The topological polar surface area (TPSA) is 85.5 Å². The molecule has 0 unspecified atom stereocenters. The zero-order valence-electron chi connectivity index (χ0n) is 17.0. The first-order valence-electron chi connectivity index (χ1n) is 10.4. The fourth-order valence-corrected chi connectivity index (χ4v) is 4.90. The number of urea groups is 1. The number of hydrogen-bond acceptors (Lipinski definition) is 3. The number of H-pyrrole nitrogens is 1. The Labute approximate surface area is 169 Å². The zero-order chi connectivity index (χ0) is 20.5. The highest BCUT2D eigenvalue weighted by Gasteiger charge is 2.61. The van der Waals surface area contributed by atoms with Gasteiger partial charge in [0, 0.05) is 23.5 Å². The van der Waals surface area contributed by atoms with E-state index >= 15 is 0 Å². The van der Waals surface area contributed by atoms with Gasteiger partial charge < -0.3 is 15.2 Å². The molecular weight excluding hydrogens is 368 g/mol. The fraction of sp³-hybridized carbons (Fsp3) is 0.500. The standard InChI is InChI=1S/C22H26N4O3/c1-12(2)17(19(27)23-13-8-9-13)26-20(28)22(3)18-15(10-11-25(22)21(26)29)14-6-4-5-7-16(14)24-18/h4-7,12-13,17,24H,8-11H2,1-3H3,(H,23,27)/t17-,22-/m0/s1. The molecule has 2 atom stereocenters. The molecule has 29 heavy (non-hydrogen) atoms. The number of amides is 4. The van der Waals surface area contributed by atoms with Crippen LogP contribution in [0.1, 0.15) is 44.9 Å².